The van der Waals surface area contributed by atoms with E-state index in [1.165, 1.54) is 12.4 Å². The lowest BCUT2D eigenvalue weighted by molar-refractivity contribution is 0.0566. The Balaban J connectivity index is 1.88. The Kier molecular flexibility index (Phi) is 5.11. The molecule has 0 radical (unpaired) electrons. The van der Waals surface area contributed by atoms with Crippen LogP contribution < -0.4 is 5.32 Å². The van der Waals surface area contributed by atoms with E-state index in [0.717, 1.165) is 29.6 Å². The first-order valence-corrected chi connectivity index (χ1v) is 8.27. The molecule has 0 atom stereocenters. The van der Waals surface area contributed by atoms with E-state index in [4.69, 9.17) is 0 Å². The average molecular weight is 359 g/mol. The third kappa shape index (κ3) is 3.63. The molecule has 3 rings (SSSR count). The Morgan fingerprint density at radius 2 is 1.92 bits per heavy atom. The Hall–Kier alpha value is -3.03. The van der Waals surface area contributed by atoms with Crippen molar-refractivity contribution in [2.75, 3.05) is 5.32 Å². The molecule has 1 N–H and O–H groups in total. The van der Waals surface area contributed by atoms with Crippen molar-refractivity contribution in [3.63, 3.8) is 0 Å². The second-order valence-corrected chi connectivity index (χ2v) is 5.94. The normalized spacial score (nSPS) is 11.1. The molecule has 0 aliphatic rings. The molecule has 8 heteroatoms. The number of hydrogen-bond acceptors (Lipinski definition) is 3. The highest BCUT2D eigenvalue weighted by Crippen LogP contribution is 2.20. The van der Waals surface area contributed by atoms with Crippen LogP contribution in [0.25, 0.3) is 5.69 Å². The highest BCUT2D eigenvalue weighted by molar-refractivity contribution is 6.04. The molecule has 136 valence electrons. The van der Waals surface area contributed by atoms with Crippen molar-refractivity contribution in [1.82, 2.24) is 19.6 Å². The van der Waals surface area contributed by atoms with Crippen LogP contribution in [-0.2, 0) is 6.42 Å². The van der Waals surface area contributed by atoms with Crippen molar-refractivity contribution in [1.29, 1.82) is 0 Å². The predicted octanol–water partition coefficient (Wildman–Crippen LogP) is 3.98. The van der Waals surface area contributed by atoms with Crippen molar-refractivity contribution in [2.45, 2.75) is 33.2 Å². The topological polar surface area (TPSA) is 64.7 Å². The molecule has 0 saturated heterocycles. The minimum Gasteiger partial charge on any atom is -0.319 e. The predicted molar refractivity (Wildman–Crippen MR) is 93.7 cm³/mol. The summed E-state index contributed by atoms with van der Waals surface area (Å²) in [6, 6.07) is 7.84. The molecule has 1 amide bonds. The minimum absolute atomic E-state index is 0.209. The quantitative estimate of drug-likeness (QED) is 0.724. The molecule has 3 aromatic rings. The first-order chi connectivity index (χ1) is 12.5. The number of alkyl halides is 2. The van der Waals surface area contributed by atoms with E-state index >= 15 is 0 Å². The van der Waals surface area contributed by atoms with E-state index in [2.05, 4.69) is 15.5 Å². The van der Waals surface area contributed by atoms with Crippen molar-refractivity contribution in [3.05, 3.63) is 59.7 Å². The summed E-state index contributed by atoms with van der Waals surface area (Å²) in [7, 11) is 0. The second kappa shape index (κ2) is 7.47. The molecule has 2 heterocycles. The third-order valence-corrected chi connectivity index (χ3v) is 3.94. The number of halogens is 2. The highest BCUT2D eigenvalue weighted by atomic mass is 19.3. The number of nitrogens with zero attached hydrogens (tertiary/aromatic N) is 4. The van der Waals surface area contributed by atoms with Gasteiger partial charge in [-0.1, -0.05) is 31.0 Å². The van der Waals surface area contributed by atoms with Crippen LogP contribution in [0.2, 0.25) is 0 Å². The standard InChI is InChI=1S/C18H19F2N5O/c1-3-4-16-15(10-22-25(16)14-7-5-12(2)6-8-14)17(26)23-13-9-21-24(11-13)18(19)20/h5-11,18H,3-4H2,1-2H3,(H,23,26). The molecule has 6 nitrogen and oxygen atoms in total. The van der Waals surface area contributed by atoms with Crippen molar-refractivity contribution < 1.29 is 13.6 Å². The summed E-state index contributed by atoms with van der Waals surface area (Å²) >= 11 is 0. The van der Waals surface area contributed by atoms with E-state index in [1.54, 1.807) is 4.68 Å². The number of aromatic nitrogens is 4. The van der Waals surface area contributed by atoms with Crippen LogP contribution in [0.1, 0.15) is 41.5 Å². The van der Waals surface area contributed by atoms with Gasteiger partial charge in [-0.25, -0.2) is 9.36 Å². The Labute approximate surface area is 149 Å². The van der Waals surface area contributed by atoms with Gasteiger partial charge in [-0.2, -0.15) is 19.0 Å². The fraction of sp³-hybridized carbons (Fsp3) is 0.278. The summed E-state index contributed by atoms with van der Waals surface area (Å²) in [5, 5.41) is 10.5. The van der Waals surface area contributed by atoms with Gasteiger partial charge in [0, 0.05) is 0 Å². The molecule has 1 aromatic carbocycles. The Bertz CT molecular complexity index is 899. The molecule has 2 aromatic heterocycles. The number of nitrogens with one attached hydrogen (secondary N) is 1. The maximum atomic E-state index is 12.6. The maximum Gasteiger partial charge on any atom is 0.333 e. The molecule has 0 unspecified atom stereocenters. The summed E-state index contributed by atoms with van der Waals surface area (Å²) in [6.45, 7) is 1.26. The molecule has 26 heavy (non-hydrogen) atoms. The van der Waals surface area contributed by atoms with E-state index in [1.807, 2.05) is 38.1 Å². The summed E-state index contributed by atoms with van der Waals surface area (Å²) in [5.41, 5.74) is 3.39. The van der Waals surface area contributed by atoms with Gasteiger partial charge in [0.15, 0.2) is 0 Å². The lowest BCUT2D eigenvalue weighted by Gasteiger charge is -2.09. The summed E-state index contributed by atoms with van der Waals surface area (Å²) < 4.78 is 27.4. The van der Waals surface area contributed by atoms with Crippen LogP contribution in [0.5, 0.6) is 0 Å². The van der Waals surface area contributed by atoms with E-state index in [0.29, 0.717) is 16.7 Å². The van der Waals surface area contributed by atoms with Crippen LogP contribution in [0.4, 0.5) is 14.5 Å². The monoisotopic (exact) mass is 359 g/mol. The summed E-state index contributed by atoms with van der Waals surface area (Å²) in [5.74, 6) is -0.402. The fourth-order valence-corrected chi connectivity index (χ4v) is 2.66. The van der Waals surface area contributed by atoms with E-state index in [9.17, 15) is 13.6 Å². The van der Waals surface area contributed by atoms with Gasteiger partial charge in [-0.05, 0) is 25.5 Å². The third-order valence-electron chi connectivity index (χ3n) is 3.94. The number of carbonyl (C=O) groups excluding carboxylic acids is 1. The van der Waals surface area contributed by atoms with Gasteiger partial charge in [-0.3, -0.25) is 4.79 Å². The van der Waals surface area contributed by atoms with Crippen molar-refractivity contribution in [2.24, 2.45) is 0 Å². The maximum absolute atomic E-state index is 12.6. The van der Waals surface area contributed by atoms with Crippen molar-refractivity contribution >= 4 is 11.6 Å². The van der Waals surface area contributed by atoms with Gasteiger partial charge in [0.1, 0.15) is 0 Å². The van der Waals surface area contributed by atoms with Gasteiger partial charge in [0.25, 0.3) is 5.91 Å². The lowest BCUT2D eigenvalue weighted by atomic mass is 10.1. The molecule has 0 aliphatic heterocycles. The van der Waals surface area contributed by atoms with Gasteiger partial charge in [-0.15, -0.1) is 0 Å². The number of amides is 1. The highest BCUT2D eigenvalue weighted by Gasteiger charge is 2.19. The average Bonchev–Trinajstić information content (AvgIpc) is 3.23. The SMILES string of the molecule is CCCc1c(C(=O)Nc2cnn(C(F)F)c2)cnn1-c1ccc(C)cc1. The fourth-order valence-electron chi connectivity index (χ4n) is 2.66. The molecule has 0 bridgehead atoms. The largest absolute Gasteiger partial charge is 0.333 e. The van der Waals surface area contributed by atoms with Crippen molar-refractivity contribution in [3.8, 4) is 5.69 Å². The van der Waals surface area contributed by atoms with Gasteiger partial charge in [0.2, 0.25) is 0 Å². The first-order valence-electron chi connectivity index (χ1n) is 8.27. The van der Waals surface area contributed by atoms with Crippen LogP contribution >= 0.6 is 0 Å². The number of anilines is 1. The van der Waals surface area contributed by atoms with Gasteiger partial charge < -0.3 is 5.32 Å². The van der Waals surface area contributed by atoms with Crippen LogP contribution in [0.15, 0.2) is 42.9 Å². The zero-order chi connectivity index (χ0) is 18.7. The second-order valence-electron chi connectivity index (χ2n) is 5.94. The smallest absolute Gasteiger partial charge is 0.319 e. The number of carbonyl (C=O) groups is 1. The molecule has 0 aliphatic carbocycles. The molecule has 0 fully saturated rings. The van der Waals surface area contributed by atoms with Gasteiger partial charge in [0.05, 0.1) is 41.2 Å². The Morgan fingerprint density at radius 3 is 2.54 bits per heavy atom. The number of hydrogen-bond donors (Lipinski definition) is 1. The van der Waals surface area contributed by atoms with Crippen LogP contribution in [0.3, 0.4) is 0 Å². The zero-order valence-electron chi connectivity index (χ0n) is 14.5. The van der Waals surface area contributed by atoms with Crippen LogP contribution in [-0.4, -0.2) is 25.5 Å². The van der Waals surface area contributed by atoms with Crippen LogP contribution in [0, 0.1) is 6.92 Å². The zero-order valence-corrected chi connectivity index (χ0v) is 14.5. The molecule has 0 saturated carbocycles. The first kappa shape index (κ1) is 17.8. The van der Waals surface area contributed by atoms with E-state index in [-0.39, 0.29) is 5.69 Å². The number of aryl methyl sites for hydroxylation is 1. The number of rotatable bonds is 6. The molecule has 0 spiro atoms. The summed E-state index contributed by atoms with van der Waals surface area (Å²) in [4.78, 5) is 12.6. The molecular weight excluding hydrogens is 340 g/mol. The van der Waals surface area contributed by atoms with Gasteiger partial charge >= 0.3 is 6.55 Å². The summed E-state index contributed by atoms with van der Waals surface area (Å²) in [6.07, 6.45) is 5.27. The minimum atomic E-state index is -2.75. The van der Waals surface area contributed by atoms with E-state index < -0.39 is 12.5 Å². The number of benzene rings is 1. The molecular formula is C18H19F2N5O. The lowest BCUT2D eigenvalue weighted by Crippen LogP contribution is -2.14. The Morgan fingerprint density at radius 1 is 1.19 bits per heavy atom.